The van der Waals surface area contributed by atoms with E-state index in [1.807, 2.05) is 13.0 Å². The van der Waals surface area contributed by atoms with Crippen LogP contribution < -0.4 is 5.32 Å². The molecule has 0 heterocycles. The first-order valence-corrected chi connectivity index (χ1v) is 4.76. The van der Waals surface area contributed by atoms with Crippen molar-refractivity contribution in [1.29, 1.82) is 0 Å². The number of hydrogen-bond donors (Lipinski definition) is 2. The highest BCUT2D eigenvalue weighted by atomic mass is 19.1. The van der Waals surface area contributed by atoms with E-state index in [4.69, 9.17) is 5.11 Å². The van der Waals surface area contributed by atoms with Crippen molar-refractivity contribution in [3.8, 4) is 0 Å². The van der Waals surface area contributed by atoms with Gasteiger partial charge in [0.05, 0.1) is 6.10 Å². The highest BCUT2D eigenvalue weighted by Gasteiger charge is 2.06. The van der Waals surface area contributed by atoms with Gasteiger partial charge in [-0.25, -0.2) is 4.39 Å². The number of aliphatic hydroxyl groups excluding tert-OH is 1. The van der Waals surface area contributed by atoms with Crippen LogP contribution in [0.5, 0.6) is 0 Å². The molecule has 0 unspecified atom stereocenters. The van der Waals surface area contributed by atoms with Crippen LogP contribution >= 0.6 is 0 Å². The molecule has 0 saturated heterocycles. The van der Waals surface area contributed by atoms with E-state index in [0.29, 0.717) is 6.54 Å². The smallest absolute Gasteiger partial charge is 0.123 e. The predicted molar refractivity (Wildman–Crippen MR) is 54.5 cm³/mol. The average Bonchev–Trinajstić information content (AvgIpc) is 2.14. The summed E-state index contributed by atoms with van der Waals surface area (Å²) >= 11 is 0. The fourth-order valence-electron chi connectivity index (χ4n) is 1.24. The molecule has 0 bridgehead atoms. The number of rotatable bonds is 4. The minimum Gasteiger partial charge on any atom is -0.392 e. The Balaban J connectivity index is 2.56. The highest BCUT2D eigenvalue weighted by molar-refractivity contribution is 5.19. The Hall–Kier alpha value is -0.930. The maximum atomic E-state index is 12.8. The van der Waals surface area contributed by atoms with Crippen LogP contribution in [0.25, 0.3) is 0 Å². The third-order valence-electron chi connectivity index (χ3n) is 2.07. The number of aliphatic hydroxyl groups is 1. The van der Waals surface area contributed by atoms with E-state index in [2.05, 4.69) is 5.32 Å². The molecule has 2 N–H and O–H groups in total. The van der Waals surface area contributed by atoms with Crippen molar-refractivity contribution in [2.75, 3.05) is 6.54 Å². The Morgan fingerprint density at radius 3 is 2.71 bits per heavy atom. The van der Waals surface area contributed by atoms with Gasteiger partial charge in [-0.05, 0) is 31.5 Å². The number of benzene rings is 1. The third-order valence-corrected chi connectivity index (χ3v) is 2.07. The zero-order valence-electron chi connectivity index (χ0n) is 8.50. The van der Waals surface area contributed by atoms with Gasteiger partial charge in [-0.15, -0.1) is 0 Å². The van der Waals surface area contributed by atoms with Crippen LogP contribution in [0.2, 0.25) is 0 Å². The molecule has 0 aliphatic heterocycles. The van der Waals surface area contributed by atoms with Crippen LogP contribution in [0.1, 0.15) is 25.5 Å². The number of halogens is 1. The lowest BCUT2D eigenvalue weighted by molar-refractivity contribution is 0.187. The summed E-state index contributed by atoms with van der Waals surface area (Å²) in [5.74, 6) is -0.229. The zero-order chi connectivity index (χ0) is 10.6. The van der Waals surface area contributed by atoms with E-state index in [1.165, 1.54) is 12.1 Å². The van der Waals surface area contributed by atoms with E-state index in [9.17, 15) is 4.39 Å². The largest absolute Gasteiger partial charge is 0.392 e. The Kier molecular flexibility index (Phi) is 4.04. The van der Waals surface area contributed by atoms with Crippen molar-refractivity contribution < 1.29 is 9.50 Å². The molecule has 3 heteroatoms. The summed E-state index contributed by atoms with van der Waals surface area (Å²) in [4.78, 5) is 0. The summed E-state index contributed by atoms with van der Waals surface area (Å²) in [7, 11) is 0. The molecule has 78 valence electrons. The summed E-state index contributed by atoms with van der Waals surface area (Å²) in [6, 6.07) is 6.53. The molecule has 1 aromatic carbocycles. The summed E-state index contributed by atoms with van der Waals surface area (Å²) in [6.07, 6.45) is -0.383. The lowest BCUT2D eigenvalue weighted by Crippen LogP contribution is -2.27. The molecular weight excluding hydrogens is 181 g/mol. The average molecular weight is 197 g/mol. The molecule has 0 radical (unpaired) electrons. The first-order valence-electron chi connectivity index (χ1n) is 4.76. The van der Waals surface area contributed by atoms with Gasteiger partial charge < -0.3 is 10.4 Å². The molecular formula is C11H16FNO. The van der Waals surface area contributed by atoms with E-state index in [0.717, 1.165) is 5.56 Å². The Labute approximate surface area is 83.8 Å². The van der Waals surface area contributed by atoms with Crippen LogP contribution in [0.3, 0.4) is 0 Å². The van der Waals surface area contributed by atoms with Crippen molar-refractivity contribution in [2.24, 2.45) is 0 Å². The summed E-state index contributed by atoms with van der Waals surface area (Å²) < 4.78 is 12.8. The molecule has 0 aliphatic carbocycles. The van der Waals surface area contributed by atoms with Gasteiger partial charge in [-0.1, -0.05) is 12.1 Å². The predicted octanol–water partition coefficient (Wildman–Crippen LogP) is 1.86. The fourth-order valence-corrected chi connectivity index (χ4v) is 1.24. The molecule has 0 aromatic heterocycles. The zero-order valence-corrected chi connectivity index (χ0v) is 8.50. The Bertz CT molecular complexity index is 288. The molecule has 0 aliphatic rings. The second-order valence-corrected chi connectivity index (χ2v) is 3.53. The van der Waals surface area contributed by atoms with Crippen LogP contribution in [0.15, 0.2) is 24.3 Å². The second-order valence-electron chi connectivity index (χ2n) is 3.53. The van der Waals surface area contributed by atoms with Crippen molar-refractivity contribution in [3.05, 3.63) is 35.6 Å². The molecule has 1 aromatic rings. The van der Waals surface area contributed by atoms with Crippen molar-refractivity contribution >= 4 is 0 Å². The molecule has 1 rings (SSSR count). The maximum absolute atomic E-state index is 12.8. The summed E-state index contributed by atoms with van der Waals surface area (Å²) in [5.41, 5.74) is 0.894. The number of hydrogen-bond acceptors (Lipinski definition) is 2. The van der Waals surface area contributed by atoms with Gasteiger partial charge in [0.1, 0.15) is 5.82 Å². The second kappa shape index (κ2) is 5.08. The summed E-state index contributed by atoms with van der Waals surface area (Å²) in [6.45, 7) is 4.17. The van der Waals surface area contributed by atoms with E-state index in [-0.39, 0.29) is 18.0 Å². The van der Waals surface area contributed by atoms with Gasteiger partial charge in [-0.3, -0.25) is 0 Å². The van der Waals surface area contributed by atoms with E-state index >= 15 is 0 Å². The van der Waals surface area contributed by atoms with Crippen LogP contribution in [0.4, 0.5) is 4.39 Å². The SMILES string of the molecule is C[C@@H](O)CN[C@H](C)c1cccc(F)c1. The molecule has 2 atom stereocenters. The lowest BCUT2D eigenvalue weighted by Gasteiger charge is -2.15. The lowest BCUT2D eigenvalue weighted by atomic mass is 10.1. The van der Waals surface area contributed by atoms with Gasteiger partial charge >= 0.3 is 0 Å². The first kappa shape index (κ1) is 11.1. The monoisotopic (exact) mass is 197 g/mol. The Morgan fingerprint density at radius 1 is 1.43 bits per heavy atom. The van der Waals surface area contributed by atoms with Gasteiger partial charge in [0, 0.05) is 12.6 Å². The minimum atomic E-state index is -0.383. The molecule has 0 saturated carbocycles. The molecule has 0 amide bonds. The van der Waals surface area contributed by atoms with Crippen molar-refractivity contribution in [3.63, 3.8) is 0 Å². The van der Waals surface area contributed by atoms with Gasteiger partial charge in [0.2, 0.25) is 0 Å². The first-order chi connectivity index (χ1) is 6.59. The number of nitrogens with one attached hydrogen (secondary N) is 1. The van der Waals surface area contributed by atoms with Crippen LogP contribution in [-0.4, -0.2) is 17.8 Å². The van der Waals surface area contributed by atoms with Gasteiger partial charge in [0.15, 0.2) is 0 Å². The molecule has 0 spiro atoms. The van der Waals surface area contributed by atoms with Crippen LogP contribution in [-0.2, 0) is 0 Å². The van der Waals surface area contributed by atoms with E-state index in [1.54, 1.807) is 13.0 Å². The third kappa shape index (κ3) is 3.44. The molecule has 14 heavy (non-hydrogen) atoms. The fraction of sp³-hybridized carbons (Fsp3) is 0.455. The van der Waals surface area contributed by atoms with Gasteiger partial charge in [-0.2, -0.15) is 0 Å². The van der Waals surface area contributed by atoms with Crippen molar-refractivity contribution in [1.82, 2.24) is 5.32 Å². The topological polar surface area (TPSA) is 32.3 Å². The Morgan fingerprint density at radius 2 is 2.14 bits per heavy atom. The molecule has 0 fully saturated rings. The molecule has 2 nitrogen and oxygen atoms in total. The standard InChI is InChI=1S/C11H16FNO/c1-8(14)7-13-9(2)10-4-3-5-11(12)6-10/h3-6,8-9,13-14H,7H2,1-2H3/t8-,9-/m1/s1. The van der Waals surface area contributed by atoms with Crippen molar-refractivity contribution in [2.45, 2.75) is 26.0 Å². The van der Waals surface area contributed by atoms with Crippen LogP contribution in [0, 0.1) is 5.82 Å². The highest BCUT2D eigenvalue weighted by Crippen LogP contribution is 2.12. The minimum absolute atomic E-state index is 0.0558. The van der Waals surface area contributed by atoms with E-state index < -0.39 is 0 Å². The maximum Gasteiger partial charge on any atom is 0.123 e. The normalized spacial score (nSPS) is 15.1. The van der Waals surface area contributed by atoms with Gasteiger partial charge in [0.25, 0.3) is 0 Å². The summed E-state index contributed by atoms with van der Waals surface area (Å²) in [5, 5.41) is 12.2. The quantitative estimate of drug-likeness (QED) is 0.772.